The average Bonchev–Trinajstić information content (AvgIpc) is 3.61. The highest BCUT2D eigenvalue weighted by Crippen LogP contribution is 2.24. The van der Waals surface area contributed by atoms with Crippen molar-refractivity contribution in [3.63, 3.8) is 0 Å². The van der Waals surface area contributed by atoms with E-state index in [1.54, 1.807) is 46.6 Å². The number of likely N-dealkylation sites (tertiary alicyclic amines) is 1. The summed E-state index contributed by atoms with van der Waals surface area (Å²) in [5.74, 6) is -0.217. The predicted octanol–water partition coefficient (Wildman–Crippen LogP) is 2.97. The summed E-state index contributed by atoms with van der Waals surface area (Å²) in [6.07, 6.45) is 9.08. The van der Waals surface area contributed by atoms with Gasteiger partial charge in [0, 0.05) is 60.8 Å². The Morgan fingerprint density at radius 3 is 2.76 bits per heavy atom. The number of hydrogen-bond acceptors (Lipinski definition) is 6. The molecule has 172 valence electrons. The maximum absolute atomic E-state index is 13.1. The molecule has 3 aromatic heterocycles. The Morgan fingerprint density at radius 1 is 1.12 bits per heavy atom. The zero-order chi connectivity index (χ0) is 23.7. The van der Waals surface area contributed by atoms with Crippen LogP contribution in [0.4, 0.5) is 5.82 Å². The van der Waals surface area contributed by atoms with Crippen molar-refractivity contribution in [1.82, 2.24) is 25.0 Å². The average molecular weight is 457 g/mol. The molecule has 9 heteroatoms. The van der Waals surface area contributed by atoms with Crippen LogP contribution in [0.1, 0.15) is 27.1 Å². The lowest BCUT2D eigenvalue weighted by atomic mass is 10.1. The molecule has 0 bridgehead atoms. The van der Waals surface area contributed by atoms with Crippen LogP contribution in [-0.2, 0) is 7.05 Å². The van der Waals surface area contributed by atoms with Gasteiger partial charge in [-0.1, -0.05) is 12.1 Å². The van der Waals surface area contributed by atoms with Gasteiger partial charge in [-0.05, 0) is 36.2 Å². The van der Waals surface area contributed by atoms with Crippen molar-refractivity contribution in [2.24, 2.45) is 7.05 Å². The molecular formula is C25H24N6O3. The maximum Gasteiger partial charge on any atom is 0.255 e. The van der Waals surface area contributed by atoms with E-state index in [0.717, 1.165) is 22.3 Å². The normalized spacial score (nSPS) is 15.4. The summed E-state index contributed by atoms with van der Waals surface area (Å²) >= 11 is 0. The van der Waals surface area contributed by atoms with E-state index in [0.29, 0.717) is 30.6 Å². The van der Waals surface area contributed by atoms with Crippen LogP contribution >= 0.6 is 0 Å². The van der Waals surface area contributed by atoms with E-state index in [9.17, 15) is 9.59 Å². The third-order valence-electron chi connectivity index (χ3n) is 5.98. The van der Waals surface area contributed by atoms with Gasteiger partial charge in [0.1, 0.15) is 5.82 Å². The summed E-state index contributed by atoms with van der Waals surface area (Å²) in [5, 5.41) is 7.16. The molecule has 0 aliphatic carbocycles. The molecule has 1 aliphatic rings. The summed E-state index contributed by atoms with van der Waals surface area (Å²) in [6, 6.07) is 10.9. The number of carbonyl (C=O) groups is 2. The smallest absolute Gasteiger partial charge is 0.255 e. The number of amides is 2. The zero-order valence-corrected chi connectivity index (χ0v) is 18.6. The minimum absolute atomic E-state index is 0.0677. The number of nitrogen functional groups attached to an aromatic ring is 1. The fraction of sp³-hybridized carbons (Fsp3) is 0.200. The lowest BCUT2D eigenvalue weighted by Gasteiger charge is -2.18. The molecule has 1 saturated heterocycles. The van der Waals surface area contributed by atoms with Crippen molar-refractivity contribution in [3.8, 4) is 22.3 Å². The van der Waals surface area contributed by atoms with E-state index >= 15 is 0 Å². The second-order valence-electron chi connectivity index (χ2n) is 8.36. The molecule has 0 saturated carbocycles. The van der Waals surface area contributed by atoms with Crippen molar-refractivity contribution < 1.29 is 14.0 Å². The summed E-state index contributed by atoms with van der Waals surface area (Å²) in [4.78, 5) is 32.0. The standard InChI is InChI=1S/C25H24N6O3/c1-30-13-20(12-28-30)19-10-22(23(26)27-11-19)24(32)29-21-5-7-31(14-21)25(33)17-4-2-3-16(9-17)18-6-8-34-15-18/h2-4,6,8-13,15,21H,5,7,14H2,1H3,(H2,26,27)(H,29,32)/t21-/m1/s1. The number of anilines is 1. The number of pyridine rings is 1. The van der Waals surface area contributed by atoms with Crippen LogP contribution in [-0.4, -0.2) is 50.6 Å². The number of benzene rings is 1. The largest absolute Gasteiger partial charge is 0.472 e. The van der Waals surface area contributed by atoms with Crippen LogP contribution in [0.3, 0.4) is 0 Å². The van der Waals surface area contributed by atoms with Gasteiger partial charge >= 0.3 is 0 Å². The van der Waals surface area contributed by atoms with Gasteiger partial charge in [0.15, 0.2) is 0 Å². The number of nitrogens with two attached hydrogens (primary N) is 1. The fourth-order valence-corrected chi connectivity index (χ4v) is 4.15. The van der Waals surface area contributed by atoms with Crippen molar-refractivity contribution in [2.45, 2.75) is 12.5 Å². The highest BCUT2D eigenvalue weighted by Gasteiger charge is 2.29. The number of hydrogen-bond donors (Lipinski definition) is 2. The van der Waals surface area contributed by atoms with Crippen LogP contribution in [0.2, 0.25) is 0 Å². The maximum atomic E-state index is 13.1. The van der Waals surface area contributed by atoms with Crippen molar-refractivity contribution in [3.05, 3.63) is 78.6 Å². The third kappa shape index (κ3) is 4.27. The number of aromatic nitrogens is 3. The number of nitrogens with zero attached hydrogens (tertiary/aromatic N) is 4. The van der Waals surface area contributed by atoms with Crippen LogP contribution < -0.4 is 11.1 Å². The number of rotatable bonds is 5. The molecule has 0 radical (unpaired) electrons. The third-order valence-corrected chi connectivity index (χ3v) is 5.98. The molecule has 34 heavy (non-hydrogen) atoms. The molecule has 4 aromatic rings. The van der Waals surface area contributed by atoms with Crippen LogP contribution in [0.5, 0.6) is 0 Å². The Balaban J connectivity index is 1.26. The van der Waals surface area contributed by atoms with Gasteiger partial charge in [-0.15, -0.1) is 0 Å². The SMILES string of the molecule is Cn1cc(-c2cnc(N)c(C(=O)N[C@@H]3CCN(C(=O)c4cccc(-c5ccoc5)c4)C3)c2)cn1. The molecule has 1 aliphatic heterocycles. The van der Waals surface area contributed by atoms with E-state index in [2.05, 4.69) is 15.4 Å². The number of furan rings is 1. The molecular weight excluding hydrogens is 432 g/mol. The minimum atomic E-state index is -0.308. The van der Waals surface area contributed by atoms with Gasteiger partial charge in [-0.2, -0.15) is 5.10 Å². The first-order valence-corrected chi connectivity index (χ1v) is 11.0. The lowest BCUT2D eigenvalue weighted by Crippen LogP contribution is -2.38. The van der Waals surface area contributed by atoms with Gasteiger partial charge < -0.3 is 20.4 Å². The number of aryl methyl sites for hydroxylation is 1. The Morgan fingerprint density at radius 2 is 2.00 bits per heavy atom. The number of carbonyl (C=O) groups excluding carboxylic acids is 2. The Hall–Kier alpha value is -4.40. The van der Waals surface area contributed by atoms with Crippen molar-refractivity contribution >= 4 is 17.6 Å². The Bertz CT molecular complexity index is 1340. The Labute approximate surface area is 196 Å². The molecule has 5 rings (SSSR count). The summed E-state index contributed by atoms with van der Waals surface area (Å²) in [6.45, 7) is 0.985. The fourth-order valence-electron chi connectivity index (χ4n) is 4.15. The molecule has 0 spiro atoms. The zero-order valence-electron chi connectivity index (χ0n) is 18.6. The first-order valence-electron chi connectivity index (χ1n) is 11.0. The van der Waals surface area contributed by atoms with Gasteiger partial charge in [-0.3, -0.25) is 14.3 Å². The molecule has 9 nitrogen and oxygen atoms in total. The summed E-state index contributed by atoms with van der Waals surface area (Å²) in [5.41, 5.74) is 10.3. The van der Waals surface area contributed by atoms with Crippen LogP contribution in [0, 0.1) is 0 Å². The second kappa shape index (κ2) is 8.86. The quantitative estimate of drug-likeness (QED) is 0.477. The Kier molecular flexibility index (Phi) is 5.59. The monoisotopic (exact) mass is 456 g/mol. The van der Waals surface area contributed by atoms with E-state index in [1.807, 2.05) is 37.5 Å². The minimum Gasteiger partial charge on any atom is -0.472 e. The highest BCUT2D eigenvalue weighted by atomic mass is 16.3. The van der Waals surface area contributed by atoms with E-state index in [-0.39, 0.29) is 23.7 Å². The first kappa shape index (κ1) is 21.4. The van der Waals surface area contributed by atoms with Gasteiger partial charge in [0.25, 0.3) is 11.8 Å². The number of nitrogens with one attached hydrogen (secondary N) is 1. The molecule has 3 N–H and O–H groups in total. The summed E-state index contributed by atoms with van der Waals surface area (Å²) in [7, 11) is 1.82. The van der Waals surface area contributed by atoms with Crippen molar-refractivity contribution in [2.75, 3.05) is 18.8 Å². The molecule has 1 atom stereocenters. The van der Waals surface area contributed by atoms with E-state index < -0.39 is 0 Å². The predicted molar refractivity (Wildman–Crippen MR) is 127 cm³/mol. The molecule has 2 amide bonds. The van der Waals surface area contributed by atoms with Gasteiger partial charge in [-0.25, -0.2) is 4.98 Å². The van der Waals surface area contributed by atoms with Crippen LogP contribution in [0.15, 0.2) is 71.9 Å². The van der Waals surface area contributed by atoms with E-state index in [1.165, 1.54) is 0 Å². The molecule has 4 heterocycles. The highest BCUT2D eigenvalue weighted by molar-refractivity contribution is 6.00. The molecule has 0 unspecified atom stereocenters. The van der Waals surface area contributed by atoms with Crippen LogP contribution in [0.25, 0.3) is 22.3 Å². The summed E-state index contributed by atoms with van der Waals surface area (Å²) < 4.78 is 6.83. The van der Waals surface area contributed by atoms with E-state index in [4.69, 9.17) is 10.2 Å². The first-order chi connectivity index (χ1) is 16.5. The molecule has 1 aromatic carbocycles. The van der Waals surface area contributed by atoms with Crippen molar-refractivity contribution in [1.29, 1.82) is 0 Å². The topological polar surface area (TPSA) is 119 Å². The lowest BCUT2D eigenvalue weighted by molar-refractivity contribution is 0.0783. The van der Waals surface area contributed by atoms with Gasteiger partial charge in [0.2, 0.25) is 0 Å². The van der Waals surface area contributed by atoms with Gasteiger partial charge in [0.05, 0.1) is 24.3 Å². The molecule has 1 fully saturated rings. The second-order valence-corrected chi connectivity index (χ2v) is 8.36.